The zero-order valence-corrected chi connectivity index (χ0v) is 11.8. The third-order valence-electron chi connectivity index (χ3n) is 3.20. The smallest absolute Gasteiger partial charge is 0.251 e. The van der Waals surface area contributed by atoms with E-state index in [1.807, 2.05) is 6.92 Å². The number of nitrogens with one attached hydrogen (secondary N) is 1. The van der Waals surface area contributed by atoms with Gasteiger partial charge in [-0.2, -0.15) is 0 Å². The van der Waals surface area contributed by atoms with Crippen LogP contribution in [0.25, 0.3) is 0 Å². The Bertz CT molecular complexity index is 472. The summed E-state index contributed by atoms with van der Waals surface area (Å²) in [4.78, 5) is 12.0. The highest BCUT2D eigenvalue weighted by Gasteiger charge is 2.22. The summed E-state index contributed by atoms with van der Waals surface area (Å²) in [5, 5.41) is 14.4. The van der Waals surface area contributed by atoms with E-state index in [0.717, 1.165) is 0 Å². The Morgan fingerprint density at radius 2 is 1.74 bits per heavy atom. The molecule has 1 aromatic carbocycles. The number of amides is 1. The van der Waals surface area contributed by atoms with Crippen molar-refractivity contribution < 1.29 is 10.0 Å². The largest absolute Gasteiger partial charge is 0.409 e. The number of oxime groups is 1. The normalized spacial score (nSPS) is 14.0. The fraction of sp³-hybridized carbons (Fsp3) is 0.429. The Morgan fingerprint density at radius 3 is 2.16 bits per heavy atom. The van der Waals surface area contributed by atoms with Crippen molar-refractivity contribution in [1.82, 2.24) is 5.32 Å². The van der Waals surface area contributed by atoms with E-state index in [4.69, 9.17) is 10.9 Å². The van der Waals surface area contributed by atoms with Crippen molar-refractivity contribution in [2.45, 2.75) is 33.7 Å². The standard InChI is InChI=1S/C14H21N3O2/c1-9(14(2,3)4)16-13(18)11-7-5-10(6-8-11)12(15)17-19/h5-9,19H,1-4H3,(H2,15,17)(H,16,18). The van der Waals surface area contributed by atoms with E-state index in [-0.39, 0.29) is 23.2 Å². The van der Waals surface area contributed by atoms with Crippen LogP contribution >= 0.6 is 0 Å². The molecular formula is C14H21N3O2. The molecule has 4 N–H and O–H groups in total. The molecule has 1 atom stereocenters. The highest BCUT2D eigenvalue weighted by molar-refractivity contribution is 5.99. The van der Waals surface area contributed by atoms with Gasteiger partial charge in [-0.3, -0.25) is 4.79 Å². The molecule has 0 bridgehead atoms. The van der Waals surface area contributed by atoms with Crippen LogP contribution in [0.2, 0.25) is 0 Å². The lowest BCUT2D eigenvalue weighted by Crippen LogP contribution is -2.41. The van der Waals surface area contributed by atoms with Crippen LogP contribution in [0, 0.1) is 5.41 Å². The molecule has 0 aliphatic heterocycles. The second kappa shape index (κ2) is 5.73. The predicted octanol–water partition coefficient (Wildman–Crippen LogP) is 1.95. The van der Waals surface area contributed by atoms with Gasteiger partial charge in [-0.25, -0.2) is 0 Å². The number of amidine groups is 1. The van der Waals surface area contributed by atoms with Crippen molar-refractivity contribution >= 4 is 11.7 Å². The zero-order valence-electron chi connectivity index (χ0n) is 11.8. The molecular weight excluding hydrogens is 242 g/mol. The lowest BCUT2D eigenvalue weighted by molar-refractivity contribution is 0.0910. The lowest BCUT2D eigenvalue weighted by atomic mass is 9.88. The number of nitrogens with zero attached hydrogens (tertiary/aromatic N) is 1. The van der Waals surface area contributed by atoms with E-state index < -0.39 is 0 Å². The minimum Gasteiger partial charge on any atom is -0.409 e. The van der Waals surface area contributed by atoms with Gasteiger partial charge in [0.05, 0.1) is 0 Å². The number of hydrogen-bond donors (Lipinski definition) is 3. The molecule has 0 heterocycles. The molecule has 1 amide bonds. The van der Waals surface area contributed by atoms with Crippen molar-refractivity contribution in [2.24, 2.45) is 16.3 Å². The monoisotopic (exact) mass is 263 g/mol. The molecule has 0 spiro atoms. The summed E-state index contributed by atoms with van der Waals surface area (Å²) >= 11 is 0. The second-order valence-corrected chi connectivity index (χ2v) is 5.62. The molecule has 0 saturated heterocycles. The molecule has 0 aliphatic carbocycles. The van der Waals surface area contributed by atoms with Gasteiger partial charge in [-0.1, -0.05) is 38.1 Å². The van der Waals surface area contributed by atoms with E-state index in [1.54, 1.807) is 24.3 Å². The first-order chi connectivity index (χ1) is 8.75. The van der Waals surface area contributed by atoms with Crippen molar-refractivity contribution in [3.63, 3.8) is 0 Å². The van der Waals surface area contributed by atoms with Crippen LogP contribution in [-0.2, 0) is 0 Å². The summed E-state index contributed by atoms with van der Waals surface area (Å²) in [6, 6.07) is 6.65. The van der Waals surface area contributed by atoms with Crippen LogP contribution in [0.15, 0.2) is 29.4 Å². The van der Waals surface area contributed by atoms with Crippen LogP contribution in [0.4, 0.5) is 0 Å². The molecule has 5 heteroatoms. The van der Waals surface area contributed by atoms with Crippen molar-refractivity contribution in [2.75, 3.05) is 0 Å². The lowest BCUT2D eigenvalue weighted by Gasteiger charge is -2.28. The summed E-state index contributed by atoms with van der Waals surface area (Å²) in [6.07, 6.45) is 0. The molecule has 1 aromatic rings. The summed E-state index contributed by atoms with van der Waals surface area (Å²) in [5.41, 5.74) is 6.58. The number of hydrogen-bond acceptors (Lipinski definition) is 3. The topological polar surface area (TPSA) is 87.7 Å². The van der Waals surface area contributed by atoms with Crippen molar-refractivity contribution in [3.8, 4) is 0 Å². The summed E-state index contributed by atoms with van der Waals surface area (Å²) in [5.74, 6) is -0.108. The molecule has 5 nitrogen and oxygen atoms in total. The number of carbonyl (C=O) groups is 1. The van der Waals surface area contributed by atoms with Gasteiger partial charge in [0, 0.05) is 17.2 Å². The van der Waals surface area contributed by atoms with Gasteiger partial charge in [0.1, 0.15) is 0 Å². The van der Waals surface area contributed by atoms with Gasteiger partial charge >= 0.3 is 0 Å². The summed E-state index contributed by atoms with van der Waals surface area (Å²) < 4.78 is 0. The van der Waals surface area contributed by atoms with Gasteiger partial charge in [-0.05, 0) is 24.5 Å². The van der Waals surface area contributed by atoms with Crippen LogP contribution in [0.3, 0.4) is 0 Å². The fourth-order valence-corrected chi connectivity index (χ4v) is 1.35. The van der Waals surface area contributed by atoms with Crippen LogP contribution < -0.4 is 11.1 Å². The maximum Gasteiger partial charge on any atom is 0.251 e. The minimum atomic E-state index is -0.131. The first-order valence-corrected chi connectivity index (χ1v) is 6.14. The average molecular weight is 263 g/mol. The molecule has 0 radical (unpaired) electrons. The minimum absolute atomic E-state index is 0.00355. The number of rotatable bonds is 3. The highest BCUT2D eigenvalue weighted by Crippen LogP contribution is 2.19. The Morgan fingerprint density at radius 1 is 1.26 bits per heavy atom. The van der Waals surface area contributed by atoms with Gasteiger partial charge in [-0.15, -0.1) is 0 Å². The Balaban J connectivity index is 2.79. The van der Waals surface area contributed by atoms with Gasteiger partial charge < -0.3 is 16.3 Å². The molecule has 0 fully saturated rings. The maximum absolute atomic E-state index is 12.0. The number of benzene rings is 1. The second-order valence-electron chi connectivity index (χ2n) is 5.62. The first-order valence-electron chi connectivity index (χ1n) is 6.14. The first kappa shape index (κ1) is 15.0. The molecule has 1 unspecified atom stereocenters. The quantitative estimate of drug-likeness (QED) is 0.337. The highest BCUT2D eigenvalue weighted by atomic mass is 16.4. The van der Waals surface area contributed by atoms with Crippen LogP contribution in [0.1, 0.15) is 43.6 Å². The number of carbonyl (C=O) groups excluding carboxylic acids is 1. The van der Waals surface area contributed by atoms with E-state index in [1.165, 1.54) is 0 Å². The van der Waals surface area contributed by atoms with Gasteiger partial charge in [0.25, 0.3) is 5.91 Å². The van der Waals surface area contributed by atoms with Gasteiger partial charge in [0.2, 0.25) is 0 Å². The van der Waals surface area contributed by atoms with Crippen molar-refractivity contribution in [1.29, 1.82) is 0 Å². The summed E-state index contributed by atoms with van der Waals surface area (Å²) in [7, 11) is 0. The Labute approximate surface area is 113 Å². The fourth-order valence-electron chi connectivity index (χ4n) is 1.35. The van der Waals surface area contributed by atoms with Crippen LogP contribution in [-0.4, -0.2) is 23.0 Å². The maximum atomic E-state index is 12.0. The molecule has 19 heavy (non-hydrogen) atoms. The van der Waals surface area contributed by atoms with E-state index in [9.17, 15) is 4.79 Å². The van der Waals surface area contributed by atoms with Crippen molar-refractivity contribution in [3.05, 3.63) is 35.4 Å². The third-order valence-corrected chi connectivity index (χ3v) is 3.20. The van der Waals surface area contributed by atoms with E-state index in [2.05, 4.69) is 31.2 Å². The SMILES string of the molecule is CC(NC(=O)c1ccc(/C(N)=N/O)cc1)C(C)(C)C. The molecule has 0 aromatic heterocycles. The Kier molecular flexibility index (Phi) is 4.53. The molecule has 0 saturated carbocycles. The zero-order chi connectivity index (χ0) is 14.6. The average Bonchev–Trinajstić information content (AvgIpc) is 2.36. The third kappa shape index (κ3) is 3.98. The van der Waals surface area contributed by atoms with Crippen LogP contribution in [0.5, 0.6) is 0 Å². The predicted molar refractivity (Wildman–Crippen MR) is 75.3 cm³/mol. The van der Waals surface area contributed by atoms with Gasteiger partial charge in [0.15, 0.2) is 5.84 Å². The molecule has 1 rings (SSSR count). The molecule has 0 aliphatic rings. The van der Waals surface area contributed by atoms with E-state index >= 15 is 0 Å². The molecule has 104 valence electrons. The number of nitrogens with two attached hydrogens (primary N) is 1. The Hall–Kier alpha value is -2.04. The van der Waals surface area contributed by atoms with E-state index in [0.29, 0.717) is 11.1 Å². The summed E-state index contributed by atoms with van der Waals surface area (Å²) in [6.45, 7) is 8.18.